The van der Waals surface area contributed by atoms with E-state index >= 15 is 0 Å². The Morgan fingerprint density at radius 3 is 2.31 bits per heavy atom. The lowest BCUT2D eigenvalue weighted by Crippen LogP contribution is -2.52. The summed E-state index contributed by atoms with van der Waals surface area (Å²) in [6, 6.07) is 22.1. The Labute approximate surface area is 248 Å². The maximum absolute atomic E-state index is 13.5. The number of nitrogens with one attached hydrogen (secondary N) is 2. The van der Waals surface area contributed by atoms with E-state index in [0.29, 0.717) is 13.0 Å². The van der Waals surface area contributed by atoms with Gasteiger partial charge in [0.2, 0.25) is 11.8 Å². The van der Waals surface area contributed by atoms with Crippen LogP contribution in [-0.4, -0.2) is 41.7 Å². The minimum atomic E-state index is -1.11. The number of aliphatic hydroxyl groups excluding tert-OH is 1. The molecule has 42 heavy (non-hydrogen) atoms. The van der Waals surface area contributed by atoms with Gasteiger partial charge in [-0.05, 0) is 51.8 Å². The summed E-state index contributed by atoms with van der Waals surface area (Å²) in [7, 11) is 0. The van der Waals surface area contributed by atoms with E-state index in [1.165, 1.54) is 0 Å². The number of nitrogens with zero attached hydrogens (tertiary/aromatic N) is 3. The summed E-state index contributed by atoms with van der Waals surface area (Å²) < 4.78 is 5.83. The minimum absolute atomic E-state index is 0.00186. The SMILES string of the molecule is CCC(C)C(NC(=O)C(CC(O)C(COCc1ccc2ccccc2c1)N=[N+]=[N-])C(C)C)C(=O)NCc1ccccc1. The van der Waals surface area contributed by atoms with Crippen molar-refractivity contribution in [3.05, 3.63) is 94.4 Å². The Balaban J connectivity index is 1.61. The molecule has 5 atom stereocenters. The number of carbonyl (C=O) groups excluding carboxylic acids is 2. The molecule has 224 valence electrons. The van der Waals surface area contributed by atoms with Crippen LogP contribution in [0.15, 0.2) is 77.9 Å². The maximum atomic E-state index is 13.5. The van der Waals surface area contributed by atoms with Gasteiger partial charge in [-0.2, -0.15) is 0 Å². The van der Waals surface area contributed by atoms with Crippen molar-refractivity contribution >= 4 is 22.6 Å². The number of carbonyl (C=O) groups is 2. The van der Waals surface area contributed by atoms with Crippen molar-refractivity contribution in [3.63, 3.8) is 0 Å². The molecule has 0 aliphatic rings. The van der Waals surface area contributed by atoms with Crippen molar-refractivity contribution in [2.45, 2.75) is 71.9 Å². The lowest BCUT2D eigenvalue weighted by Gasteiger charge is -2.29. The molecule has 0 spiro atoms. The minimum Gasteiger partial charge on any atom is -0.393 e. The van der Waals surface area contributed by atoms with Gasteiger partial charge in [-0.25, -0.2) is 0 Å². The molecule has 3 rings (SSSR count). The zero-order chi connectivity index (χ0) is 30.5. The van der Waals surface area contributed by atoms with Gasteiger partial charge in [0.1, 0.15) is 6.04 Å². The number of aliphatic hydroxyl groups is 1. The highest BCUT2D eigenvalue weighted by Gasteiger charge is 2.33. The monoisotopic (exact) mass is 573 g/mol. The van der Waals surface area contributed by atoms with Crippen molar-refractivity contribution in [3.8, 4) is 0 Å². The molecule has 0 saturated carbocycles. The van der Waals surface area contributed by atoms with Gasteiger partial charge in [-0.3, -0.25) is 9.59 Å². The third-order valence-corrected chi connectivity index (χ3v) is 7.76. The normalized spacial score (nSPS) is 14.8. The average molecular weight is 574 g/mol. The lowest BCUT2D eigenvalue weighted by molar-refractivity contribution is -0.134. The number of fused-ring (bicyclic) bond motifs is 1. The standard InChI is InChI=1S/C33H43N5O4/c1-5-23(4)31(33(41)35-19-24-11-7-6-8-12-24)36-32(40)28(22(2)3)18-30(39)29(37-38-34)21-42-20-25-15-16-26-13-9-10-14-27(26)17-25/h6-17,22-23,28-31,39H,5,18-21H2,1-4H3,(H,35,41)(H,36,40). The molecule has 3 aromatic rings. The Morgan fingerprint density at radius 2 is 1.64 bits per heavy atom. The number of hydrogen-bond acceptors (Lipinski definition) is 5. The van der Waals surface area contributed by atoms with Crippen LogP contribution in [0.25, 0.3) is 21.2 Å². The summed E-state index contributed by atoms with van der Waals surface area (Å²) in [6.45, 7) is 8.34. The van der Waals surface area contributed by atoms with Crippen molar-refractivity contribution in [1.82, 2.24) is 10.6 Å². The van der Waals surface area contributed by atoms with E-state index in [-0.39, 0.29) is 43.3 Å². The highest BCUT2D eigenvalue weighted by atomic mass is 16.5. The van der Waals surface area contributed by atoms with Crippen LogP contribution >= 0.6 is 0 Å². The van der Waals surface area contributed by atoms with Crippen LogP contribution in [0.3, 0.4) is 0 Å². The van der Waals surface area contributed by atoms with Crippen LogP contribution in [-0.2, 0) is 27.5 Å². The van der Waals surface area contributed by atoms with Gasteiger partial charge in [0, 0.05) is 17.4 Å². The summed E-state index contributed by atoms with van der Waals surface area (Å²) in [5.41, 5.74) is 11.1. The molecular formula is C33H43N5O4. The fraction of sp³-hybridized carbons (Fsp3) is 0.455. The smallest absolute Gasteiger partial charge is 0.243 e. The molecule has 5 unspecified atom stereocenters. The van der Waals surface area contributed by atoms with Crippen molar-refractivity contribution in [2.24, 2.45) is 22.9 Å². The van der Waals surface area contributed by atoms with Crippen molar-refractivity contribution < 1.29 is 19.4 Å². The van der Waals surface area contributed by atoms with E-state index in [9.17, 15) is 14.7 Å². The molecule has 9 nitrogen and oxygen atoms in total. The van der Waals surface area contributed by atoms with Crippen LogP contribution in [0.4, 0.5) is 0 Å². The molecule has 0 aliphatic heterocycles. The average Bonchev–Trinajstić information content (AvgIpc) is 3.00. The predicted molar refractivity (Wildman–Crippen MR) is 165 cm³/mol. The molecule has 0 fully saturated rings. The van der Waals surface area contributed by atoms with Crippen molar-refractivity contribution in [2.75, 3.05) is 6.61 Å². The Hall–Kier alpha value is -3.91. The van der Waals surface area contributed by atoms with Crippen LogP contribution in [0.2, 0.25) is 0 Å². The Morgan fingerprint density at radius 1 is 0.952 bits per heavy atom. The first-order valence-corrected chi connectivity index (χ1v) is 14.6. The molecule has 0 aromatic heterocycles. The molecule has 3 N–H and O–H groups in total. The van der Waals surface area contributed by atoms with Gasteiger partial charge in [0.05, 0.1) is 25.4 Å². The Bertz CT molecular complexity index is 1340. The van der Waals surface area contributed by atoms with E-state index < -0.39 is 24.1 Å². The third kappa shape index (κ3) is 9.58. The van der Waals surface area contributed by atoms with Crippen LogP contribution < -0.4 is 10.6 Å². The first kappa shape index (κ1) is 32.6. The molecular weight excluding hydrogens is 530 g/mol. The van der Waals surface area contributed by atoms with Gasteiger partial charge < -0.3 is 20.5 Å². The van der Waals surface area contributed by atoms with E-state index in [4.69, 9.17) is 10.3 Å². The first-order chi connectivity index (χ1) is 20.2. The fourth-order valence-corrected chi connectivity index (χ4v) is 4.87. The number of azide groups is 1. The highest BCUT2D eigenvalue weighted by molar-refractivity contribution is 5.89. The fourth-order valence-electron chi connectivity index (χ4n) is 4.87. The van der Waals surface area contributed by atoms with Gasteiger partial charge in [-0.1, -0.05) is 106 Å². The second kappa shape index (κ2) is 16.5. The van der Waals surface area contributed by atoms with Gasteiger partial charge in [0.25, 0.3) is 0 Å². The number of hydrogen-bond donors (Lipinski definition) is 3. The van der Waals surface area contributed by atoms with E-state index in [1.54, 1.807) is 0 Å². The first-order valence-electron chi connectivity index (χ1n) is 14.6. The predicted octanol–water partition coefficient (Wildman–Crippen LogP) is 5.91. The lowest BCUT2D eigenvalue weighted by atomic mass is 9.86. The number of benzene rings is 3. The van der Waals surface area contributed by atoms with Crippen LogP contribution in [0, 0.1) is 17.8 Å². The van der Waals surface area contributed by atoms with Crippen molar-refractivity contribution in [1.29, 1.82) is 0 Å². The van der Waals surface area contributed by atoms with E-state index in [0.717, 1.165) is 21.9 Å². The summed E-state index contributed by atoms with van der Waals surface area (Å²) >= 11 is 0. The Kier molecular flexibility index (Phi) is 12.8. The molecule has 0 heterocycles. The molecule has 3 aromatic carbocycles. The summed E-state index contributed by atoms with van der Waals surface area (Å²) in [4.78, 5) is 29.5. The number of ether oxygens (including phenoxy) is 1. The summed E-state index contributed by atoms with van der Waals surface area (Å²) in [5.74, 6) is -1.40. The number of amides is 2. The van der Waals surface area contributed by atoms with Gasteiger partial charge in [-0.15, -0.1) is 0 Å². The summed E-state index contributed by atoms with van der Waals surface area (Å²) in [5, 5.41) is 22.9. The topological polar surface area (TPSA) is 136 Å². The van der Waals surface area contributed by atoms with E-state index in [2.05, 4.69) is 20.7 Å². The third-order valence-electron chi connectivity index (χ3n) is 7.76. The van der Waals surface area contributed by atoms with Gasteiger partial charge in [0.15, 0.2) is 0 Å². The van der Waals surface area contributed by atoms with Gasteiger partial charge >= 0.3 is 0 Å². The van der Waals surface area contributed by atoms with E-state index in [1.807, 2.05) is 100 Å². The second-order valence-corrected chi connectivity index (χ2v) is 11.2. The zero-order valence-electron chi connectivity index (χ0n) is 24.9. The second-order valence-electron chi connectivity index (χ2n) is 11.2. The van der Waals surface area contributed by atoms with Crippen LogP contribution in [0.5, 0.6) is 0 Å². The molecule has 2 amide bonds. The quantitative estimate of drug-likeness (QED) is 0.112. The number of rotatable bonds is 16. The highest BCUT2D eigenvalue weighted by Crippen LogP contribution is 2.22. The molecule has 0 aliphatic carbocycles. The molecule has 0 saturated heterocycles. The summed E-state index contributed by atoms with van der Waals surface area (Å²) in [6.07, 6.45) is -0.345. The largest absolute Gasteiger partial charge is 0.393 e. The van der Waals surface area contributed by atoms with Crippen LogP contribution in [0.1, 0.15) is 51.7 Å². The molecule has 0 radical (unpaired) electrons. The molecule has 9 heteroatoms. The maximum Gasteiger partial charge on any atom is 0.243 e. The zero-order valence-corrected chi connectivity index (χ0v) is 24.9. The molecule has 0 bridgehead atoms.